The van der Waals surface area contributed by atoms with Crippen LogP contribution in [0.25, 0.3) is 27.8 Å². The number of benzene rings is 3. The van der Waals surface area contributed by atoms with Crippen molar-refractivity contribution in [3.8, 4) is 23.0 Å². The highest BCUT2D eigenvalue weighted by molar-refractivity contribution is 6.09. The lowest BCUT2D eigenvalue weighted by molar-refractivity contribution is 0.524. The molecule has 50 heavy (non-hydrogen) atoms. The molecule has 0 radical (unpaired) electrons. The summed E-state index contributed by atoms with van der Waals surface area (Å²) in [6.45, 7) is 10.4. The summed E-state index contributed by atoms with van der Waals surface area (Å²) in [6, 6.07) is 29.1. The van der Waals surface area contributed by atoms with Crippen LogP contribution in [0.4, 0.5) is 0 Å². The second-order valence-corrected chi connectivity index (χ2v) is 12.3. The molecule has 4 aromatic rings. The van der Waals surface area contributed by atoms with Crippen molar-refractivity contribution in [2.24, 2.45) is 10.2 Å². The summed E-state index contributed by atoms with van der Waals surface area (Å²) in [5.74, 6) is 7.58. The molecule has 250 valence electrons. The molecule has 3 aromatic carbocycles. The molecular weight excluding hydrogens is 613 g/mol. The van der Waals surface area contributed by atoms with E-state index in [1.165, 1.54) is 39.0 Å². The van der Waals surface area contributed by atoms with Gasteiger partial charge in [-0.25, -0.2) is 0 Å². The van der Waals surface area contributed by atoms with Crippen LogP contribution in [0.3, 0.4) is 0 Å². The first-order valence-electron chi connectivity index (χ1n) is 17.1. The van der Waals surface area contributed by atoms with Crippen molar-refractivity contribution in [3.05, 3.63) is 161 Å². The van der Waals surface area contributed by atoms with Crippen molar-refractivity contribution in [2.45, 2.75) is 60.3 Å². The largest absolute Gasteiger partial charge is 0.417 e. The Bertz CT molecular complexity index is 2070. The molecule has 1 aliphatic heterocycles. The van der Waals surface area contributed by atoms with Gasteiger partial charge in [0.15, 0.2) is 0 Å². The summed E-state index contributed by atoms with van der Waals surface area (Å²) < 4.78 is 5.94. The van der Waals surface area contributed by atoms with Gasteiger partial charge in [-0.3, -0.25) is 0 Å². The second kappa shape index (κ2) is 18.1. The predicted molar refractivity (Wildman–Crippen MR) is 210 cm³/mol. The monoisotopic (exact) mass is 656 g/mol. The van der Waals surface area contributed by atoms with Crippen LogP contribution in [0.15, 0.2) is 153 Å². The maximum absolute atomic E-state index is 5.94. The van der Waals surface area contributed by atoms with Crippen molar-refractivity contribution >= 4 is 28.6 Å². The van der Waals surface area contributed by atoms with Gasteiger partial charge in [0.1, 0.15) is 0 Å². The van der Waals surface area contributed by atoms with E-state index in [-0.39, 0.29) is 0 Å². The Labute approximate surface area is 297 Å². The summed E-state index contributed by atoms with van der Waals surface area (Å²) in [5.41, 5.74) is 12.7. The van der Waals surface area contributed by atoms with Gasteiger partial charge in [-0.15, -0.1) is 10.2 Å². The van der Waals surface area contributed by atoms with Crippen LogP contribution in [-0.2, 0) is 0 Å². The number of nitrogens with zero attached hydrogens (tertiary/aromatic N) is 4. The summed E-state index contributed by atoms with van der Waals surface area (Å²) in [5, 5.41) is 16.5. The summed E-state index contributed by atoms with van der Waals surface area (Å²) in [7, 11) is 0. The third-order valence-corrected chi connectivity index (χ3v) is 8.45. The Morgan fingerprint density at radius 2 is 1.26 bits per heavy atom. The molecule has 0 atom stereocenters. The number of hydrogen-bond donors (Lipinski definition) is 0. The van der Waals surface area contributed by atoms with Gasteiger partial charge in [0.2, 0.25) is 11.8 Å². The summed E-state index contributed by atoms with van der Waals surface area (Å²) in [6.07, 6.45) is 17.9. The summed E-state index contributed by atoms with van der Waals surface area (Å²) >= 11 is 0. The molecule has 5 nitrogen and oxygen atoms in total. The molecular formula is C45H44N4O. The lowest BCUT2D eigenvalue weighted by atomic mass is 9.97. The third kappa shape index (κ3) is 10.1. The maximum atomic E-state index is 5.94. The number of allylic oxidation sites excluding steroid dienone is 12. The SMILES string of the molecule is C1=NN=C(c2ccc(-c3ccccc3)cc2)C1.CCC(=C\C=C(/C)c1nnc(/C(C)=C/C=C(\C)c2ccccc2)o1)/C1=C/C=C(/C)CC#CC1. The average Bonchev–Trinajstić information content (AvgIpc) is 3.88. The number of hydrogen-bond acceptors (Lipinski definition) is 5. The first-order valence-corrected chi connectivity index (χ1v) is 17.1. The van der Waals surface area contributed by atoms with Crippen molar-refractivity contribution in [2.75, 3.05) is 0 Å². The van der Waals surface area contributed by atoms with Gasteiger partial charge in [-0.2, -0.15) is 10.2 Å². The van der Waals surface area contributed by atoms with E-state index in [0.717, 1.165) is 48.1 Å². The Morgan fingerprint density at radius 1 is 0.680 bits per heavy atom. The van der Waals surface area contributed by atoms with Gasteiger partial charge in [0, 0.05) is 36.6 Å². The number of aromatic nitrogens is 2. The van der Waals surface area contributed by atoms with Crippen LogP contribution in [0, 0.1) is 11.8 Å². The molecule has 1 aromatic heterocycles. The van der Waals surface area contributed by atoms with Crippen LogP contribution in [0.2, 0.25) is 0 Å². The van der Waals surface area contributed by atoms with E-state index in [1.807, 2.05) is 50.4 Å². The van der Waals surface area contributed by atoms with E-state index in [2.05, 4.69) is 144 Å². The molecule has 0 N–H and O–H groups in total. The Morgan fingerprint density at radius 3 is 1.90 bits per heavy atom. The highest BCUT2D eigenvalue weighted by Crippen LogP contribution is 2.24. The van der Waals surface area contributed by atoms with Crippen molar-refractivity contribution < 1.29 is 4.42 Å². The minimum atomic E-state index is 0.535. The zero-order chi connectivity index (χ0) is 35.1. The van der Waals surface area contributed by atoms with Gasteiger partial charge in [-0.05, 0) is 73.1 Å². The standard InChI is InChI=1S/C30H32N2O.C15H12N2/c1-6-26(28-15-11-10-12-22(2)16-20-28)21-19-25(5)30-32-31-29(33-30)24(4)18-17-23(3)27-13-8-7-9-14-27;1-2-4-12(5-3-1)13-6-8-14(9-7-13)15-10-11-16-17-15/h7-9,13-14,16-21H,6,12,15H2,1-5H3;1-9,11H,10H2/b22-16-,23-17+,24-18+,25-19+,26-21+,28-20+;. The van der Waals surface area contributed by atoms with Crippen LogP contribution in [0.1, 0.15) is 83.2 Å². The van der Waals surface area contributed by atoms with Crippen LogP contribution in [0.5, 0.6) is 0 Å². The highest BCUT2D eigenvalue weighted by atomic mass is 16.4. The van der Waals surface area contributed by atoms with E-state index in [1.54, 1.807) is 0 Å². The minimum Gasteiger partial charge on any atom is -0.417 e. The molecule has 2 heterocycles. The maximum Gasteiger partial charge on any atom is 0.243 e. The minimum absolute atomic E-state index is 0.535. The highest BCUT2D eigenvalue weighted by Gasteiger charge is 2.10. The molecule has 0 saturated carbocycles. The molecule has 0 saturated heterocycles. The lowest BCUT2D eigenvalue weighted by Crippen LogP contribution is -1.96. The first kappa shape index (κ1) is 35.4. The molecule has 0 fully saturated rings. The Kier molecular flexibility index (Phi) is 12.8. The quantitative estimate of drug-likeness (QED) is 0.133. The zero-order valence-electron chi connectivity index (χ0n) is 29.6. The molecule has 0 amide bonds. The lowest BCUT2D eigenvalue weighted by Gasteiger charge is -2.08. The fourth-order valence-electron chi connectivity index (χ4n) is 5.29. The van der Waals surface area contributed by atoms with E-state index >= 15 is 0 Å². The van der Waals surface area contributed by atoms with Gasteiger partial charge < -0.3 is 4.42 Å². The van der Waals surface area contributed by atoms with Crippen LogP contribution in [-0.4, -0.2) is 22.1 Å². The number of rotatable bonds is 9. The molecule has 6 rings (SSSR count). The predicted octanol–water partition coefficient (Wildman–Crippen LogP) is 11.5. The van der Waals surface area contributed by atoms with Gasteiger partial charge in [0.25, 0.3) is 0 Å². The van der Waals surface area contributed by atoms with E-state index in [0.29, 0.717) is 11.8 Å². The van der Waals surface area contributed by atoms with Crippen LogP contribution >= 0.6 is 0 Å². The van der Waals surface area contributed by atoms with Gasteiger partial charge >= 0.3 is 0 Å². The third-order valence-electron chi connectivity index (χ3n) is 8.45. The zero-order valence-corrected chi connectivity index (χ0v) is 29.6. The van der Waals surface area contributed by atoms with E-state index < -0.39 is 0 Å². The normalized spacial score (nSPS) is 17.2. The van der Waals surface area contributed by atoms with E-state index in [4.69, 9.17) is 4.42 Å². The molecule has 0 unspecified atom stereocenters. The first-order chi connectivity index (χ1) is 24.4. The Balaban J connectivity index is 0.000000237. The second-order valence-electron chi connectivity index (χ2n) is 12.3. The van der Waals surface area contributed by atoms with Crippen molar-refractivity contribution in [1.29, 1.82) is 0 Å². The molecule has 2 aliphatic rings. The van der Waals surface area contributed by atoms with Crippen LogP contribution < -0.4 is 0 Å². The van der Waals surface area contributed by atoms with Gasteiger partial charge in [-0.1, -0.05) is 146 Å². The smallest absolute Gasteiger partial charge is 0.243 e. The Hall–Kier alpha value is -5.86. The van der Waals surface area contributed by atoms with Crippen molar-refractivity contribution in [3.63, 3.8) is 0 Å². The molecule has 0 bridgehead atoms. The molecule has 5 heteroatoms. The van der Waals surface area contributed by atoms with Crippen molar-refractivity contribution in [1.82, 2.24) is 10.2 Å². The fraction of sp³-hybridized carbons (Fsp3) is 0.200. The van der Waals surface area contributed by atoms with Gasteiger partial charge in [0.05, 0.1) is 5.71 Å². The van der Waals surface area contributed by atoms with E-state index in [9.17, 15) is 0 Å². The molecule has 1 aliphatic carbocycles. The topological polar surface area (TPSA) is 63.6 Å². The molecule has 0 spiro atoms. The summed E-state index contributed by atoms with van der Waals surface area (Å²) in [4.78, 5) is 0. The fourth-order valence-corrected chi connectivity index (χ4v) is 5.29. The average molecular weight is 657 g/mol.